The minimum Gasteiger partial charge on any atom is -0.457 e. The Kier molecular flexibility index (Phi) is 5.00. The summed E-state index contributed by atoms with van der Waals surface area (Å²) >= 11 is 0. The summed E-state index contributed by atoms with van der Waals surface area (Å²) in [6.07, 6.45) is 5.94. The molecule has 1 aromatic carbocycles. The van der Waals surface area contributed by atoms with Crippen molar-refractivity contribution in [3.63, 3.8) is 0 Å². The first-order valence-corrected chi connectivity index (χ1v) is 10.8. The van der Waals surface area contributed by atoms with Crippen LogP contribution in [-0.2, 0) is 19.7 Å². The van der Waals surface area contributed by atoms with Crippen LogP contribution in [0.3, 0.4) is 0 Å². The minimum absolute atomic E-state index is 0.0249. The van der Waals surface area contributed by atoms with Crippen LogP contribution in [0.5, 0.6) is 0 Å². The molecule has 5 rings (SSSR count). The van der Waals surface area contributed by atoms with Gasteiger partial charge in [-0.2, -0.15) is 5.26 Å². The number of esters is 1. The van der Waals surface area contributed by atoms with Gasteiger partial charge in [0.25, 0.3) is 0 Å². The molecular formula is C25H30N2O3. The van der Waals surface area contributed by atoms with Gasteiger partial charge in [0.1, 0.15) is 11.6 Å². The van der Waals surface area contributed by atoms with Crippen LogP contribution in [0, 0.1) is 42.4 Å². The molecule has 5 nitrogen and oxygen atoms in total. The summed E-state index contributed by atoms with van der Waals surface area (Å²) in [6.45, 7) is 5.37. The van der Waals surface area contributed by atoms with Crippen LogP contribution in [0.2, 0.25) is 0 Å². The average Bonchev–Trinajstić information content (AvgIpc) is 2.67. The van der Waals surface area contributed by atoms with Gasteiger partial charge in [0.2, 0.25) is 5.78 Å². The maximum atomic E-state index is 13.3. The van der Waals surface area contributed by atoms with Gasteiger partial charge in [-0.3, -0.25) is 9.59 Å². The standard InChI is InChI=1S/C25H30N2O3/c1-15-4-5-20(6-16(15)2)24-8-18-7-19(9-24)11-25(10-18,14-24)23(29)30-13-22(28)21(12-26)17(3)27/h4-6,18-19H,7-11,13-14,27H2,1-3H3. The van der Waals surface area contributed by atoms with Gasteiger partial charge >= 0.3 is 5.97 Å². The highest BCUT2D eigenvalue weighted by atomic mass is 16.5. The van der Waals surface area contributed by atoms with Crippen molar-refractivity contribution < 1.29 is 14.3 Å². The summed E-state index contributed by atoms with van der Waals surface area (Å²) in [7, 11) is 0. The fourth-order valence-corrected chi connectivity index (χ4v) is 6.64. The second-order valence-corrected chi connectivity index (χ2v) is 9.99. The summed E-state index contributed by atoms with van der Waals surface area (Å²) in [5.41, 5.74) is 9.06. The van der Waals surface area contributed by atoms with E-state index in [0.29, 0.717) is 11.8 Å². The van der Waals surface area contributed by atoms with Gasteiger partial charge in [0.05, 0.1) is 5.41 Å². The fourth-order valence-electron chi connectivity index (χ4n) is 6.64. The highest BCUT2D eigenvalue weighted by Gasteiger charge is 2.61. The molecule has 0 spiro atoms. The molecule has 0 aliphatic heterocycles. The molecule has 5 heteroatoms. The third-order valence-corrected chi connectivity index (χ3v) is 7.73. The second-order valence-electron chi connectivity index (χ2n) is 9.99. The lowest BCUT2D eigenvalue weighted by atomic mass is 9.43. The largest absolute Gasteiger partial charge is 0.457 e. The van der Waals surface area contributed by atoms with E-state index < -0.39 is 17.8 Å². The summed E-state index contributed by atoms with van der Waals surface area (Å²) in [6, 6.07) is 8.55. The molecule has 4 fully saturated rings. The van der Waals surface area contributed by atoms with E-state index in [1.54, 1.807) is 0 Å². The van der Waals surface area contributed by atoms with E-state index in [2.05, 4.69) is 32.0 Å². The lowest BCUT2D eigenvalue weighted by Gasteiger charge is -2.61. The van der Waals surface area contributed by atoms with Gasteiger partial charge in [-0.25, -0.2) is 0 Å². The van der Waals surface area contributed by atoms with Crippen molar-refractivity contribution in [3.8, 4) is 6.07 Å². The molecule has 4 aliphatic carbocycles. The Labute approximate surface area is 178 Å². The zero-order chi connectivity index (χ0) is 21.7. The van der Waals surface area contributed by atoms with Crippen molar-refractivity contribution in [3.05, 3.63) is 46.2 Å². The number of hydrogen-bond acceptors (Lipinski definition) is 5. The summed E-state index contributed by atoms with van der Waals surface area (Å²) in [5, 5.41) is 9.11. The molecule has 0 heterocycles. The van der Waals surface area contributed by atoms with Gasteiger partial charge in [-0.15, -0.1) is 0 Å². The molecule has 158 valence electrons. The Morgan fingerprint density at radius 1 is 1.17 bits per heavy atom. The first-order chi connectivity index (χ1) is 14.2. The molecular weight excluding hydrogens is 376 g/mol. The van der Waals surface area contributed by atoms with Crippen molar-refractivity contribution in [1.29, 1.82) is 5.26 Å². The number of Topliss-reactive ketones (excluding diaryl/α,β-unsaturated/α-hetero) is 1. The van der Waals surface area contributed by atoms with E-state index in [0.717, 1.165) is 32.1 Å². The zero-order valence-corrected chi connectivity index (χ0v) is 18.1. The van der Waals surface area contributed by atoms with Gasteiger partial charge < -0.3 is 10.5 Å². The first kappa shape index (κ1) is 20.7. The van der Waals surface area contributed by atoms with Gasteiger partial charge in [-0.05, 0) is 93.2 Å². The number of hydrogen-bond donors (Lipinski definition) is 1. The van der Waals surface area contributed by atoms with Crippen molar-refractivity contribution >= 4 is 11.8 Å². The maximum Gasteiger partial charge on any atom is 0.312 e. The molecule has 30 heavy (non-hydrogen) atoms. The van der Waals surface area contributed by atoms with Crippen LogP contribution in [0.15, 0.2) is 29.5 Å². The number of benzene rings is 1. The van der Waals surface area contributed by atoms with Crippen molar-refractivity contribution in [2.24, 2.45) is 23.0 Å². The van der Waals surface area contributed by atoms with Crippen molar-refractivity contribution in [2.45, 2.75) is 64.7 Å². The molecule has 4 saturated carbocycles. The Morgan fingerprint density at radius 3 is 2.40 bits per heavy atom. The second kappa shape index (κ2) is 7.27. The van der Waals surface area contributed by atoms with Crippen LogP contribution in [0.1, 0.15) is 62.1 Å². The van der Waals surface area contributed by atoms with Crippen LogP contribution in [0.25, 0.3) is 0 Å². The predicted octanol–water partition coefficient (Wildman–Crippen LogP) is 4.01. The van der Waals surface area contributed by atoms with E-state index in [4.69, 9.17) is 15.7 Å². The van der Waals surface area contributed by atoms with Crippen molar-refractivity contribution in [1.82, 2.24) is 0 Å². The third kappa shape index (κ3) is 3.33. The Bertz CT molecular complexity index is 967. The van der Waals surface area contributed by atoms with E-state index in [1.807, 2.05) is 6.07 Å². The quantitative estimate of drug-likeness (QED) is 0.453. The molecule has 2 atom stereocenters. The van der Waals surface area contributed by atoms with Gasteiger partial charge in [0.15, 0.2) is 6.61 Å². The number of carbonyl (C=O) groups excluding carboxylic acids is 2. The topological polar surface area (TPSA) is 93.2 Å². The molecule has 2 unspecified atom stereocenters. The van der Waals surface area contributed by atoms with E-state index in [1.165, 1.54) is 30.0 Å². The number of nitrogens with two attached hydrogens (primary N) is 1. The molecule has 1 aromatic rings. The molecule has 0 saturated heterocycles. The lowest BCUT2D eigenvalue weighted by molar-refractivity contribution is -0.175. The normalized spacial score (nSPS) is 32.3. The number of ether oxygens (including phenoxy) is 1. The first-order valence-electron chi connectivity index (χ1n) is 10.8. The Balaban J connectivity index is 1.58. The SMILES string of the molecule is CC(N)=C(C#N)C(=O)COC(=O)C12CC3CC(C1)CC(c1ccc(C)c(C)c1)(C3)C2. The smallest absolute Gasteiger partial charge is 0.312 e. The number of ketones is 1. The summed E-state index contributed by atoms with van der Waals surface area (Å²) < 4.78 is 5.52. The van der Waals surface area contributed by atoms with Gasteiger partial charge in [-0.1, -0.05) is 18.2 Å². The predicted molar refractivity (Wildman–Crippen MR) is 113 cm³/mol. The highest BCUT2D eigenvalue weighted by Crippen LogP contribution is 2.66. The number of rotatable bonds is 5. The maximum absolute atomic E-state index is 13.3. The van der Waals surface area contributed by atoms with Crippen LogP contribution < -0.4 is 5.73 Å². The van der Waals surface area contributed by atoms with Crippen LogP contribution in [0.4, 0.5) is 0 Å². The Morgan fingerprint density at radius 2 is 1.83 bits per heavy atom. The zero-order valence-electron chi connectivity index (χ0n) is 18.1. The van der Waals surface area contributed by atoms with Gasteiger partial charge in [0, 0.05) is 5.70 Å². The minimum atomic E-state index is -0.528. The van der Waals surface area contributed by atoms with Crippen LogP contribution in [-0.4, -0.2) is 18.4 Å². The van der Waals surface area contributed by atoms with Crippen LogP contribution >= 0.6 is 0 Å². The third-order valence-electron chi connectivity index (χ3n) is 7.73. The molecule has 4 aliphatic rings. The number of nitriles is 1. The molecule has 0 radical (unpaired) electrons. The number of allylic oxidation sites excluding steroid dienone is 1. The molecule has 2 N–H and O–H groups in total. The molecule has 0 amide bonds. The summed E-state index contributed by atoms with van der Waals surface area (Å²) in [4.78, 5) is 25.5. The number of aryl methyl sites for hydroxylation is 2. The fraction of sp³-hybridized carbons (Fsp3) is 0.560. The Hall–Kier alpha value is -2.61. The molecule has 0 aromatic heterocycles. The van der Waals surface area contributed by atoms with E-state index in [-0.39, 0.29) is 22.7 Å². The number of nitrogens with zero attached hydrogens (tertiary/aromatic N) is 1. The summed E-state index contributed by atoms with van der Waals surface area (Å²) in [5.74, 6) is 0.249. The average molecular weight is 407 g/mol. The van der Waals surface area contributed by atoms with Crippen molar-refractivity contribution in [2.75, 3.05) is 6.61 Å². The van der Waals surface area contributed by atoms with E-state index in [9.17, 15) is 9.59 Å². The number of carbonyl (C=O) groups is 2. The highest BCUT2D eigenvalue weighted by molar-refractivity contribution is 6.01. The van der Waals surface area contributed by atoms with E-state index >= 15 is 0 Å². The lowest BCUT2D eigenvalue weighted by Crippen LogP contribution is -2.57. The molecule has 4 bridgehead atoms. The monoisotopic (exact) mass is 406 g/mol.